The van der Waals surface area contributed by atoms with Gasteiger partial charge in [-0.2, -0.15) is 0 Å². The van der Waals surface area contributed by atoms with Crippen molar-refractivity contribution in [2.75, 3.05) is 10.8 Å². The SMILES string of the molecule is Cc1ccc(S(=O)(=O)N(CC(=O)N(Cc2cccc(Br)c2)[C@@H](Cc2ccccc2)C(=O)NC(C)C)c2ccc(F)cc2)cc1. The van der Waals surface area contributed by atoms with Crippen molar-refractivity contribution in [2.45, 2.75) is 50.7 Å². The fourth-order valence-electron chi connectivity index (χ4n) is 4.74. The lowest BCUT2D eigenvalue weighted by molar-refractivity contribution is -0.140. The van der Waals surface area contributed by atoms with Crippen molar-refractivity contribution in [3.63, 3.8) is 0 Å². The minimum atomic E-state index is -4.26. The van der Waals surface area contributed by atoms with Gasteiger partial charge in [-0.1, -0.05) is 76.1 Å². The number of halogens is 2. The van der Waals surface area contributed by atoms with Crippen LogP contribution in [0.15, 0.2) is 112 Å². The van der Waals surface area contributed by atoms with Crippen LogP contribution in [0.2, 0.25) is 0 Å². The second-order valence-corrected chi connectivity index (χ2v) is 13.6. The first-order valence-corrected chi connectivity index (χ1v) is 16.4. The van der Waals surface area contributed by atoms with Crippen molar-refractivity contribution in [3.8, 4) is 0 Å². The molecular formula is C34H35BrFN3O4S. The van der Waals surface area contributed by atoms with E-state index in [0.717, 1.165) is 37.6 Å². The van der Waals surface area contributed by atoms with Gasteiger partial charge < -0.3 is 10.2 Å². The normalized spacial score (nSPS) is 12.0. The summed E-state index contributed by atoms with van der Waals surface area (Å²) in [6, 6.07) is 26.8. The summed E-state index contributed by atoms with van der Waals surface area (Å²) in [6.07, 6.45) is 0.209. The molecule has 0 saturated heterocycles. The van der Waals surface area contributed by atoms with E-state index >= 15 is 0 Å². The Bertz CT molecular complexity index is 1680. The van der Waals surface area contributed by atoms with E-state index in [1.165, 1.54) is 29.2 Å². The highest BCUT2D eigenvalue weighted by Gasteiger charge is 2.34. The van der Waals surface area contributed by atoms with E-state index in [1.807, 2.05) is 75.4 Å². The molecule has 0 spiro atoms. The van der Waals surface area contributed by atoms with E-state index in [1.54, 1.807) is 12.1 Å². The molecule has 0 radical (unpaired) electrons. The van der Waals surface area contributed by atoms with E-state index in [4.69, 9.17) is 0 Å². The number of rotatable bonds is 12. The Balaban J connectivity index is 1.80. The van der Waals surface area contributed by atoms with Crippen LogP contribution < -0.4 is 9.62 Å². The van der Waals surface area contributed by atoms with Gasteiger partial charge in [0.15, 0.2) is 0 Å². The molecular weight excluding hydrogens is 645 g/mol. The maximum absolute atomic E-state index is 14.4. The highest BCUT2D eigenvalue weighted by Crippen LogP contribution is 2.26. The number of nitrogens with one attached hydrogen (secondary N) is 1. The zero-order valence-electron chi connectivity index (χ0n) is 24.8. The standard InChI is InChI=1S/C34H35BrFN3O4S/c1-24(2)37-34(41)32(21-26-8-5-4-6-9-26)38(22-27-10-7-11-28(35)20-27)33(40)23-39(30-16-14-29(36)15-17-30)44(42,43)31-18-12-25(3)13-19-31/h4-20,24,32H,21-23H2,1-3H3,(H,37,41)/t32-/m0/s1. The summed E-state index contributed by atoms with van der Waals surface area (Å²) >= 11 is 3.47. The number of sulfonamides is 1. The summed E-state index contributed by atoms with van der Waals surface area (Å²) in [4.78, 5) is 29.5. The van der Waals surface area contributed by atoms with Crippen LogP contribution in [0, 0.1) is 12.7 Å². The van der Waals surface area contributed by atoms with Gasteiger partial charge in [-0.3, -0.25) is 13.9 Å². The van der Waals surface area contributed by atoms with Crippen LogP contribution in [-0.4, -0.2) is 43.8 Å². The lowest BCUT2D eigenvalue weighted by Gasteiger charge is -2.34. The first-order valence-electron chi connectivity index (χ1n) is 14.2. The lowest BCUT2D eigenvalue weighted by atomic mass is 10.0. The number of aryl methyl sites for hydroxylation is 1. The zero-order valence-corrected chi connectivity index (χ0v) is 27.2. The Morgan fingerprint density at radius 3 is 2.11 bits per heavy atom. The van der Waals surface area contributed by atoms with Gasteiger partial charge in [-0.25, -0.2) is 12.8 Å². The molecule has 0 aromatic heterocycles. The molecule has 4 aromatic carbocycles. The predicted molar refractivity (Wildman–Crippen MR) is 174 cm³/mol. The van der Waals surface area contributed by atoms with Crippen molar-refractivity contribution in [2.24, 2.45) is 0 Å². The predicted octanol–water partition coefficient (Wildman–Crippen LogP) is 6.26. The monoisotopic (exact) mass is 679 g/mol. The Morgan fingerprint density at radius 2 is 1.50 bits per heavy atom. The third kappa shape index (κ3) is 8.54. The van der Waals surface area contributed by atoms with Gasteiger partial charge in [-0.05, 0) is 80.4 Å². The molecule has 0 saturated carbocycles. The molecule has 230 valence electrons. The van der Waals surface area contributed by atoms with Gasteiger partial charge >= 0.3 is 0 Å². The fourth-order valence-corrected chi connectivity index (χ4v) is 6.60. The van der Waals surface area contributed by atoms with Crippen LogP contribution in [0.25, 0.3) is 0 Å². The van der Waals surface area contributed by atoms with Crippen LogP contribution >= 0.6 is 15.9 Å². The zero-order chi connectivity index (χ0) is 31.9. The van der Waals surface area contributed by atoms with E-state index in [-0.39, 0.29) is 35.5 Å². The third-order valence-electron chi connectivity index (χ3n) is 6.95. The molecule has 2 amide bonds. The van der Waals surface area contributed by atoms with Crippen molar-refractivity contribution in [1.29, 1.82) is 0 Å². The Kier molecular flexibility index (Phi) is 10.9. The van der Waals surface area contributed by atoms with E-state index in [0.29, 0.717) is 0 Å². The minimum Gasteiger partial charge on any atom is -0.352 e. The molecule has 10 heteroatoms. The second-order valence-electron chi connectivity index (χ2n) is 10.8. The van der Waals surface area contributed by atoms with Gasteiger partial charge in [-0.15, -0.1) is 0 Å². The largest absolute Gasteiger partial charge is 0.352 e. The maximum Gasteiger partial charge on any atom is 0.264 e. The quantitative estimate of drug-likeness (QED) is 0.192. The number of carbonyl (C=O) groups is 2. The molecule has 0 unspecified atom stereocenters. The fraction of sp³-hybridized carbons (Fsp3) is 0.235. The van der Waals surface area contributed by atoms with Gasteiger partial charge in [0.25, 0.3) is 10.0 Å². The van der Waals surface area contributed by atoms with Crippen LogP contribution in [0.5, 0.6) is 0 Å². The van der Waals surface area contributed by atoms with Crippen LogP contribution in [0.3, 0.4) is 0 Å². The highest BCUT2D eigenvalue weighted by atomic mass is 79.9. The maximum atomic E-state index is 14.4. The Labute approximate surface area is 266 Å². The summed E-state index contributed by atoms with van der Waals surface area (Å²) in [5.41, 5.74) is 2.58. The number of carbonyl (C=O) groups excluding carboxylic acids is 2. The molecule has 0 fully saturated rings. The average molecular weight is 681 g/mol. The average Bonchev–Trinajstić information content (AvgIpc) is 2.98. The highest BCUT2D eigenvalue weighted by molar-refractivity contribution is 9.10. The molecule has 4 aromatic rings. The molecule has 0 bridgehead atoms. The topological polar surface area (TPSA) is 86.8 Å². The molecule has 7 nitrogen and oxygen atoms in total. The van der Waals surface area contributed by atoms with Crippen LogP contribution in [-0.2, 0) is 32.6 Å². The molecule has 1 N–H and O–H groups in total. The van der Waals surface area contributed by atoms with Crippen molar-refractivity contribution >= 4 is 43.5 Å². The molecule has 0 aliphatic heterocycles. The van der Waals surface area contributed by atoms with E-state index < -0.39 is 34.3 Å². The first kappa shape index (κ1) is 32.9. The Hall–Kier alpha value is -4.02. The molecule has 0 aliphatic rings. The number of amides is 2. The number of anilines is 1. The summed E-state index contributed by atoms with van der Waals surface area (Å²) in [5, 5.41) is 2.93. The number of hydrogen-bond acceptors (Lipinski definition) is 4. The summed E-state index contributed by atoms with van der Waals surface area (Å²) < 4.78 is 43.7. The molecule has 0 heterocycles. The van der Waals surface area contributed by atoms with Gasteiger partial charge in [0.1, 0.15) is 18.4 Å². The molecule has 44 heavy (non-hydrogen) atoms. The second kappa shape index (κ2) is 14.6. The summed E-state index contributed by atoms with van der Waals surface area (Å²) in [6.45, 7) is 4.94. The van der Waals surface area contributed by atoms with Gasteiger partial charge in [0, 0.05) is 23.5 Å². The third-order valence-corrected chi connectivity index (χ3v) is 9.23. The Morgan fingerprint density at radius 1 is 0.864 bits per heavy atom. The van der Waals surface area contributed by atoms with Crippen LogP contribution in [0.4, 0.5) is 10.1 Å². The molecule has 0 aliphatic carbocycles. The molecule has 4 rings (SSSR count). The van der Waals surface area contributed by atoms with Gasteiger partial charge in [0.05, 0.1) is 10.6 Å². The first-order chi connectivity index (χ1) is 20.9. The number of hydrogen-bond donors (Lipinski definition) is 1. The smallest absolute Gasteiger partial charge is 0.264 e. The van der Waals surface area contributed by atoms with Crippen molar-refractivity contribution < 1.29 is 22.4 Å². The van der Waals surface area contributed by atoms with Crippen LogP contribution in [0.1, 0.15) is 30.5 Å². The van der Waals surface area contributed by atoms with Gasteiger partial charge in [0.2, 0.25) is 11.8 Å². The van der Waals surface area contributed by atoms with E-state index in [2.05, 4.69) is 21.2 Å². The van der Waals surface area contributed by atoms with Crippen molar-refractivity contribution in [1.82, 2.24) is 10.2 Å². The number of nitrogens with zero attached hydrogens (tertiary/aromatic N) is 2. The molecule has 1 atom stereocenters. The lowest BCUT2D eigenvalue weighted by Crippen LogP contribution is -2.54. The number of benzene rings is 4. The minimum absolute atomic E-state index is 0.0165. The van der Waals surface area contributed by atoms with E-state index in [9.17, 15) is 22.4 Å². The summed E-state index contributed by atoms with van der Waals surface area (Å²) in [5.74, 6) is -1.50. The van der Waals surface area contributed by atoms with Crippen molar-refractivity contribution in [3.05, 3.63) is 130 Å². The summed E-state index contributed by atoms with van der Waals surface area (Å²) in [7, 11) is -4.26.